The van der Waals surface area contributed by atoms with Gasteiger partial charge in [0, 0.05) is 17.8 Å². The third-order valence-corrected chi connectivity index (χ3v) is 2.06. The fraction of sp³-hybridized carbons (Fsp3) is 0.500. The van der Waals surface area contributed by atoms with Crippen LogP contribution in [0.1, 0.15) is 37.8 Å². The summed E-state index contributed by atoms with van der Waals surface area (Å²) >= 11 is 0. The second kappa shape index (κ2) is 4.92. The van der Waals surface area contributed by atoms with Crippen LogP contribution in [0.15, 0.2) is 18.3 Å². The lowest BCUT2D eigenvalue weighted by Crippen LogP contribution is -2.12. The van der Waals surface area contributed by atoms with Crippen LogP contribution < -0.4 is 5.73 Å². The number of unbranched alkanes of at least 4 members (excludes halogenated alkanes) is 1. The van der Waals surface area contributed by atoms with Crippen molar-refractivity contribution >= 4 is 0 Å². The Hall–Kier alpha value is -0.960. The number of rotatable bonds is 4. The summed E-state index contributed by atoms with van der Waals surface area (Å²) in [5, 5.41) is 0. The van der Waals surface area contributed by atoms with Gasteiger partial charge >= 0.3 is 0 Å². The van der Waals surface area contributed by atoms with Crippen molar-refractivity contribution in [1.82, 2.24) is 4.98 Å². The predicted molar refractivity (Wildman–Crippen MR) is 50.6 cm³/mol. The number of pyridine rings is 1. The highest BCUT2D eigenvalue weighted by molar-refractivity contribution is 5.14. The van der Waals surface area contributed by atoms with Crippen LogP contribution in [-0.2, 0) is 0 Å². The van der Waals surface area contributed by atoms with Gasteiger partial charge in [0.1, 0.15) is 0 Å². The zero-order valence-corrected chi connectivity index (χ0v) is 7.83. The van der Waals surface area contributed by atoms with Crippen molar-refractivity contribution in [3.05, 3.63) is 29.8 Å². The van der Waals surface area contributed by atoms with Crippen LogP contribution in [0, 0.1) is 5.95 Å². The van der Waals surface area contributed by atoms with Crippen LogP contribution >= 0.6 is 0 Å². The predicted octanol–water partition coefficient (Wildman–Crippen LogP) is 2.41. The first-order chi connectivity index (χ1) is 6.25. The lowest BCUT2D eigenvalue weighted by atomic mass is 10.0. The van der Waals surface area contributed by atoms with Crippen LogP contribution in [0.5, 0.6) is 0 Å². The van der Waals surface area contributed by atoms with E-state index in [0.717, 1.165) is 19.3 Å². The number of aromatic nitrogens is 1. The van der Waals surface area contributed by atoms with E-state index in [0.29, 0.717) is 5.56 Å². The van der Waals surface area contributed by atoms with E-state index in [1.165, 1.54) is 6.20 Å². The van der Waals surface area contributed by atoms with Crippen molar-refractivity contribution in [3.8, 4) is 0 Å². The van der Waals surface area contributed by atoms with Crippen molar-refractivity contribution in [2.45, 2.75) is 32.2 Å². The normalized spacial score (nSPS) is 12.8. The second-order valence-electron chi connectivity index (χ2n) is 3.13. The van der Waals surface area contributed by atoms with Gasteiger partial charge in [-0.05, 0) is 12.5 Å². The first kappa shape index (κ1) is 10.1. The fourth-order valence-corrected chi connectivity index (χ4v) is 1.25. The Kier molecular flexibility index (Phi) is 3.83. The van der Waals surface area contributed by atoms with Crippen molar-refractivity contribution in [3.63, 3.8) is 0 Å². The molecule has 1 atom stereocenters. The van der Waals surface area contributed by atoms with Crippen molar-refractivity contribution in [1.29, 1.82) is 0 Å². The molecule has 13 heavy (non-hydrogen) atoms. The van der Waals surface area contributed by atoms with Crippen molar-refractivity contribution in [2.75, 3.05) is 0 Å². The van der Waals surface area contributed by atoms with Gasteiger partial charge in [0.15, 0.2) is 0 Å². The molecule has 0 unspecified atom stereocenters. The number of hydrogen-bond donors (Lipinski definition) is 1. The van der Waals surface area contributed by atoms with Gasteiger partial charge in [0.25, 0.3) is 0 Å². The molecule has 1 rings (SSSR count). The second-order valence-corrected chi connectivity index (χ2v) is 3.13. The summed E-state index contributed by atoms with van der Waals surface area (Å²) in [5.74, 6) is -0.439. The molecular formula is C10H15FN2. The molecule has 2 nitrogen and oxygen atoms in total. The fourth-order valence-electron chi connectivity index (χ4n) is 1.25. The Morgan fingerprint density at radius 3 is 3.00 bits per heavy atom. The highest BCUT2D eigenvalue weighted by atomic mass is 19.1. The summed E-state index contributed by atoms with van der Waals surface area (Å²) in [6.07, 6.45) is 4.36. The minimum atomic E-state index is -0.439. The maximum Gasteiger partial charge on any atom is 0.217 e. The maximum absolute atomic E-state index is 13.1. The zero-order valence-electron chi connectivity index (χ0n) is 7.83. The van der Waals surface area contributed by atoms with E-state index >= 15 is 0 Å². The Labute approximate surface area is 78.0 Å². The quantitative estimate of drug-likeness (QED) is 0.726. The molecule has 0 fully saturated rings. The number of nitrogens with zero attached hydrogens (tertiary/aromatic N) is 1. The molecule has 0 aliphatic carbocycles. The SMILES string of the molecule is CCCC[C@H](N)c1cccnc1F. The van der Waals surface area contributed by atoms with E-state index < -0.39 is 5.95 Å². The third kappa shape index (κ3) is 2.77. The molecule has 0 saturated heterocycles. The highest BCUT2D eigenvalue weighted by Crippen LogP contribution is 2.17. The monoisotopic (exact) mass is 182 g/mol. The topological polar surface area (TPSA) is 38.9 Å². The molecule has 0 aliphatic heterocycles. The molecule has 0 spiro atoms. The molecule has 1 aromatic heterocycles. The molecule has 2 N–H and O–H groups in total. The Bertz CT molecular complexity index is 263. The lowest BCUT2D eigenvalue weighted by Gasteiger charge is -2.10. The lowest BCUT2D eigenvalue weighted by molar-refractivity contribution is 0.522. The largest absolute Gasteiger partial charge is 0.324 e. The minimum absolute atomic E-state index is 0.214. The molecule has 1 aromatic rings. The summed E-state index contributed by atoms with van der Waals surface area (Å²) in [4.78, 5) is 3.56. The van der Waals surface area contributed by atoms with Crippen LogP contribution in [-0.4, -0.2) is 4.98 Å². The van der Waals surface area contributed by atoms with Crippen LogP contribution in [0.3, 0.4) is 0 Å². The molecule has 72 valence electrons. The summed E-state index contributed by atoms with van der Waals surface area (Å²) in [7, 11) is 0. The van der Waals surface area contributed by atoms with Gasteiger partial charge in [-0.2, -0.15) is 4.39 Å². The Morgan fingerprint density at radius 2 is 2.38 bits per heavy atom. The Morgan fingerprint density at radius 1 is 1.62 bits per heavy atom. The molecule has 0 bridgehead atoms. The first-order valence-electron chi connectivity index (χ1n) is 4.61. The van der Waals surface area contributed by atoms with E-state index in [2.05, 4.69) is 11.9 Å². The van der Waals surface area contributed by atoms with E-state index in [9.17, 15) is 4.39 Å². The molecule has 0 saturated carbocycles. The minimum Gasteiger partial charge on any atom is -0.324 e. The summed E-state index contributed by atoms with van der Waals surface area (Å²) in [6, 6.07) is 3.20. The molecule has 0 aromatic carbocycles. The van der Waals surface area contributed by atoms with Crippen LogP contribution in [0.2, 0.25) is 0 Å². The van der Waals surface area contributed by atoms with Crippen LogP contribution in [0.4, 0.5) is 4.39 Å². The smallest absolute Gasteiger partial charge is 0.217 e. The number of nitrogens with two attached hydrogens (primary N) is 1. The summed E-state index contributed by atoms with van der Waals surface area (Å²) in [6.45, 7) is 2.09. The van der Waals surface area contributed by atoms with E-state index in [1.807, 2.05) is 0 Å². The molecular weight excluding hydrogens is 167 g/mol. The van der Waals surface area contributed by atoms with Crippen molar-refractivity contribution in [2.24, 2.45) is 5.73 Å². The summed E-state index contributed by atoms with van der Waals surface area (Å²) < 4.78 is 13.1. The van der Waals surface area contributed by atoms with Crippen molar-refractivity contribution < 1.29 is 4.39 Å². The van der Waals surface area contributed by atoms with Gasteiger partial charge in [0.2, 0.25) is 5.95 Å². The van der Waals surface area contributed by atoms with Gasteiger partial charge in [-0.1, -0.05) is 25.8 Å². The standard InChI is InChI=1S/C10H15FN2/c1-2-3-6-9(12)8-5-4-7-13-10(8)11/h4-5,7,9H,2-3,6,12H2,1H3/t9-/m0/s1. The summed E-state index contributed by atoms with van der Waals surface area (Å²) in [5.41, 5.74) is 6.33. The first-order valence-corrected chi connectivity index (χ1v) is 4.61. The van der Waals surface area contributed by atoms with E-state index in [-0.39, 0.29) is 6.04 Å². The number of halogens is 1. The molecule has 0 amide bonds. The van der Waals surface area contributed by atoms with E-state index in [1.54, 1.807) is 12.1 Å². The van der Waals surface area contributed by atoms with Gasteiger partial charge in [-0.15, -0.1) is 0 Å². The van der Waals surface area contributed by atoms with Gasteiger partial charge in [0.05, 0.1) is 0 Å². The molecule has 0 radical (unpaired) electrons. The van der Waals surface area contributed by atoms with E-state index in [4.69, 9.17) is 5.73 Å². The molecule has 3 heteroatoms. The zero-order chi connectivity index (χ0) is 9.68. The number of hydrogen-bond acceptors (Lipinski definition) is 2. The van der Waals surface area contributed by atoms with Gasteiger partial charge in [-0.25, -0.2) is 4.98 Å². The average Bonchev–Trinajstić information content (AvgIpc) is 2.15. The van der Waals surface area contributed by atoms with Gasteiger partial charge < -0.3 is 5.73 Å². The van der Waals surface area contributed by atoms with Crippen LogP contribution in [0.25, 0.3) is 0 Å². The maximum atomic E-state index is 13.1. The molecule has 1 heterocycles. The molecule has 0 aliphatic rings. The average molecular weight is 182 g/mol. The highest BCUT2D eigenvalue weighted by Gasteiger charge is 2.10. The third-order valence-electron chi connectivity index (χ3n) is 2.06. The Balaban J connectivity index is 2.65. The van der Waals surface area contributed by atoms with Gasteiger partial charge in [-0.3, -0.25) is 0 Å².